The summed E-state index contributed by atoms with van der Waals surface area (Å²) < 4.78 is 7.37. The van der Waals surface area contributed by atoms with Crippen LogP contribution in [0.4, 0.5) is 5.69 Å². The number of nitrogens with two attached hydrogens (primary N) is 1. The molecule has 0 saturated carbocycles. The van der Waals surface area contributed by atoms with E-state index in [0.717, 1.165) is 18.6 Å². The second-order valence-electron chi connectivity index (χ2n) is 4.62. The molecule has 1 aromatic carbocycles. The van der Waals surface area contributed by atoms with Gasteiger partial charge in [-0.1, -0.05) is 11.6 Å². The molecule has 2 heterocycles. The number of halogens is 1. The summed E-state index contributed by atoms with van der Waals surface area (Å²) in [5.41, 5.74) is 7.19. The van der Waals surface area contributed by atoms with Crippen LogP contribution in [0.5, 0.6) is 0 Å². The van der Waals surface area contributed by atoms with Gasteiger partial charge in [-0.25, -0.2) is 4.68 Å². The molecule has 3 rings (SSSR count). The average Bonchev–Trinajstić information content (AvgIpc) is 3.00. The maximum Gasteiger partial charge on any atom is 0.182 e. The van der Waals surface area contributed by atoms with Crippen molar-refractivity contribution in [2.45, 2.75) is 25.5 Å². The van der Waals surface area contributed by atoms with Crippen LogP contribution >= 0.6 is 11.6 Å². The molecule has 1 fully saturated rings. The first-order valence-corrected chi connectivity index (χ1v) is 6.49. The Morgan fingerprint density at radius 1 is 1.47 bits per heavy atom. The molecular weight excluding hydrogens is 266 g/mol. The van der Waals surface area contributed by atoms with Gasteiger partial charge in [0, 0.05) is 12.2 Å². The van der Waals surface area contributed by atoms with Crippen molar-refractivity contribution in [2.24, 2.45) is 0 Å². The number of nitrogen functional groups attached to an aromatic ring is 1. The van der Waals surface area contributed by atoms with Crippen LogP contribution in [-0.4, -0.2) is 32.9 Å². The summed E-state index contributed by atoms with van der Waals surface area (Å²) in [6, 6.07) is 5.55. The fraction of sp³-hybridized carbons (Fsp3) is 0.417. The minimum Gasteiger partial charge on any atom is -0.398 e. The molecule has 6 nitrogen and oxygen atoms in total. The molecule has 1 aliphatic heterocycles. The van der Waals surface area contributed by atoms with E-state index in [1.54, 1.807) is 16.8 Å². The molecule has 19 heavy (non-hydrogen) atoms. The van der Waals surface area contributed by atoms with Crippen LogP contribution in [-0.2, 0) is 4.74 Å². The lowest BCUT2D eigenvalue weighted by molar-refractivity contribution is 0.105. The van der Waals surface area contributed by atoms with E-state index in [2.05, 4.69) is 15.5 Å². The molecule has 2 N–H and O–H groups in total. The molecule has 100 valence electrons. The Labute approximate surface area is 115 Å². The number of nitrogens with zero attached hydrogens (tertiary/aromatic N) is 4. The molecule has 2 unspecified atom stereocenters. The second-order valence-corrected chi connectivity index (χ2v) is 5.02. The molecule has 1 aliphatic rings. The van der Waals surface area contributed by atoms with Gasteiger partial charge in [-0.2, -0.15) is 0 Å². The summed E-state index contributed by atoms with van der Waals surface area (Å²) in [5.74, 6) is 0.686. The number of hydrogen-bond donors (Lipinski definition) is 1. The van der Waals surface area contributed by atoms with E-state index in [4.69, 9.17) is 22.1 Å². The van der Waals surface area contributed by atoms with Gasteiger partial charge in [-0.15, -0.1) is 5.10 Å². The molecule has 0 aliphatic carbocycles. The van der Waals surface area contributed by atoms with Crippen LogP contribution in [0.2, 0.25) is 5.02 Å². The van der Waals surface area contributed by atoms with Gasteiger partial charge in [0.05, 0.1) is 22.9 Å². The van der Waals surface area contributed by atoms with E-state index in [1.807, 2.05) is 13.0 Å². The zero-order chi connectivity index (χ0) is 13.4. The van der Waals surface area contributed by atoms with Crippen LogP contribution in [0.1, 0.15) is 19.4 Å². The summed E-state index contributed by atoms with van der Waals surface area (Å²) in [4.78, 5) is 0. The van der Waals surface area contributed by atoms with Crippen molar-refractivity contribution < 1.29 is 4.74 Å². The molecule has 2 aromatic rings. The van der Waals surface area contributed by atoms with Crippen molar-refractivity contribution in [3.8, 4) is 11.4 Å². The first kappa shape index (κ1) is 12.4. The van der Waals surface area contributed by atoms with Gasteiger partial charge in [0.25, 0.3) is 0 Å². The predicted octanol–water partition coefficient (Wildman–Crippen LogP) is 1.93. The standard InChI is InChI=1S/C12H14ClN5O/c1-7-11(4-5-19-7)18-12(15-16-17-18)8-2-3-9(13)10(14)6-8/h2-3,6-7,11H,4-5,14H2,1H3. The Hall–Kier alpha value is -1.66. The summed E-state index contributed by atoms with van der Waals surface area (Å²) in [6.45, 7) is 2.76. The maximum absolute atomic E-state index is 5.93. The van der Waals surface area contributed by atoms with Gasteiger partial charge < -0.3 is 10.5 Å². The third-order valence-corrected chi connectivity index (χ3v) is 3.74. The van der Waals surface area contributed by atoms with Gasteiger partial charge in [0.15, 0.2) is 5.82 Å². The smallest absolute Gasteiger partial charge is 0.182 e. The Bertz CT molecular complexity index is 600. The fourth-order valence-electron chi connectivity index (χ4n) is 2.33. The van der Waals surface area contributed by atoms with Crippen molar-refractivity contribution in [3.05, 3.63) is 23.2 Å². The zero-order valence-electron chi connectivity index (χ0n) is 10.5. The molecule has 2 atom stereocenters. The highest BCUT2D eigenvalue weighted by atomic mass is 35.5. The fourth-order valence-corrected chi connectivity index (χ4v) is 2.45. The van der Waals surface area contributed by atoms with E-state index in [0.29, 0.717) is 16.5 Å². The van der Waals surface area contributed by atoms with Crippen LogP contribution in [0.25, 0.3) is 11.4 Å². The topological polar surface area (TPSA) is 78.8 Å². The van der Waals surface area contributed by atoms with E-state index in [1.165, 1.54) is 0 Å². The highest BCUT2D eigenvalue weighted by Gasteiger charge is 2.29. The number of aromatic nitrogens is 4. The first-order chi connectivity index (χ1) is 9.16. The molecule has 1 aromatic heterocycles. The lowest BCUT2D eigenvalue weighted by atomic mass is 10.1. The van der Waals surface area contributed by atoms with Crippen molar-refractivity contribution in [1.29, 1.82) is 0 Å². The van der Waals surface area contributed by atoms with E-state index in [9.17, 15) is 0 Å². The predicted molar refractivity (Wildman–Crippen MR) is 71.7 cm³/mol. The third-order valence-electron chi connectivity index (χ3n) is 3.40. The summed E-state index contributed by atoms with van der Waals surface area (Å²) in [6.07, 6.45) is 1.01. The van der Waals surface area contributed by atoms with Crippen molar-refractivity contribution in [3.63, 3.8) is 0 Å². The Morgan fingerprint density at radius 2 is 2.32 bits per heavy atom. The Balaban J connectivity index is 2.01. The summed E-state index contributed by atoms with van der Waals surface area (Å²) in [7, 11) is 0. The van der Waals surface area contributed by atoms with Crippen LogP contribution < -0.4 is 5.73 Å². The molecule has 0 spiro atoms. The number of ether oxygens (including phenoxy) is 1. The van der Waals surface area contributed by atoms with Gasteiger partial charge in [0.2, 0.25) is 0 Å². The number of hydrogen-bond acceptors (Lipinski definition) is 5. The maximum atomic E-state index is 5.93. The first-order valence-electron chi connectivity index (χ1n) is 6.11. The summed E-state index contributed by atoms with van der Waals surface area (Å²) in [5, 5.41) is 12.5. The monoisotopic (exact) mass is 279 g/mol. The van der Waals surface area contributed by atoms with Crippen molar-refractivity contribution >= 4 is 17.3 Å². The van der Waals surface area contributed by atoms with E-state index < -0.39 is 0 Å². The minimum atomic E-state index is 0.104. The number of anilines is 1. The van der Waals surface area contributed by atoms with Gasteiger partial charge >= 0.3 is 0 Å². The lowest BCUT2D eigenvalue weighted by Gasteiger charge is -2.15. The third kappa shape index (κ3) is 2.17. The van der Waals surface area contributed by atoms with Gasteiger partial charge in [-0.3, -0.25) is 0 Å². The van der Waals surface area contributed by atoms with Crippen molar-refractivity contribution in [1.82, 2.24) is 20.2 Å². The minimum absolute atomic E-state index is 0.104. The van der Waals surface area contributed by atoms with Gasteiger partial charge in [-0.05, 0) is 42.0 Å². The van der Waals surface area contributed by atoms with Crippen LogP contribution in [0.3, 0.4) is 0 Å². The van der Waals surface area contributed by atoms with E-state index in [-0.39, 0.29) is 12.1 Å². The normalized spacial score (nSPS) is 22.8. The Morgan fingerprint density at radius 3 is 3.00 bits per heavy atom. The highest BCUT2D eigenvalue weighted by molar-refractivity contribution is 6.33. The quantitative estimate of drug-likeness (QED) is 0.850. The Kier molecular flexibility index (Phi) is 3.12. The van der Waals surface area contributed by atoms with E-state index >= 15 is 0 Å². The number of tetrazole rings is 1. The molecule has 0 radical (unpaired) electrons. The average molecular weight is 280 g/mol. The summed E-state index contributed by atoms with van der Waals surface area (Å²) >= 11 is 5.93. The zero-order valence-corrected chi connectivity index (χ0v) is 11.2. The molecule has 0 bridgehead atoms. The highest BCUT2D eigenvalue weighted by Crippen LogP contribution is 2.30. The lowest BCUT2D eigenvalue weighted by Crippen LogP contribution is -2.19. The second kappa shape index (κ2) is 4.79. The molecule has 0 amide bonds. The molecule has 1 saturated heterocycles. The number of rotatable bonds is 2. The molecular formula is C12H14ClN5O. The van der Waals surface area contributed by atoms with Crippen LogP contribution in [0, 0.1) is 0 Å². The largest absolute Gasteiger partial charge is 0.398 e. The van der Waals surface area contributed by atoms with Gasteiger partial charge in [0.1, 0.15) is 0 Å². The number of benzene rings is 1. The van der Waals surface area contributed by atoms with Crippen LogP contribution in [0.15, 0.2) is 18.2 Å². The SMILES string of the molecule is CC1OCCC1n1nnnc1-c1ccc(Cl)c(N)c1. The van der Waals surface area contributed by atoms with Crippen molar-refractivity contribution in [2.75, 3.05) is 12.3 Å². The molecule has 7 heteroatoms.